The number of benzene rings is 2. The molecule has 20 heavy (non-hydrogen) atoms. The van der Waals surface area contributed by atoms with Gasteiger partial charge in [0.2, 0.25) is 10.0 Å². The van der Waals surface area contributed by atoms with Crippen molar-refractivity contribution in [3.05, 3.63) is 54.6 Å². The number of para-hydroxylation sites is 1. The lowest BCUT2D eigenvalue weighted by Gasteiger charge is -2.06. The Balaban J connectivity index is 2.51. The predicted molar refractivity (Wildman–Crippen MR) is 79.7 cm³/mol. The van der Waals surface area contributed by atoms with Crippen LogP contribution in [0.25, 0.3) is 22.2 Å². The molecule has 0 fully saturated rings. The summed E-state index contributed by atoms with van der Waals surface area (Å²) in [5, 5.41) is 6.08. The fourth-order valence-electron chi connectivity index (χ4n) is 2.57. The van der Waals surface area contributed by atoms with E-state index in [0.29, 0.717) is 11.1 Å². The molecule has 0 radical (unpaired) electrons. The average molecular weight is 286 g/mol. The molecule has 0 aliphatic carbocycles. The molecule has 4 nitrogen and oxygen atoms in total. The Hall–Kier alpha value is -2.11. The second-order valence-corrected chi connectivity index (χ2v) is 6.16. The Kier molecular flexibility index (Phi) is 2.88. The molecule has 2 aromatic carbocycles. The number of hydrogen-bond acceptors (Lipinski definition) is 2. The maximum Gasteiger partial charge on any atom is 0.240 e. The van der Waals surface area contributed by atoms with Gasteiger partial charge in [0.05, 0.1) is 5.69 Å². The first-order chi connectivity index (χ1) is 9.50. The van der Waals surface area contributed by atoms with Crippen LogP contribution in [0, 0.1) is 0 Å². The van der Waals surface area contributed by atoms with Crippen LogP contribution >= 0.6 is 0 Å². The zero-order valence-electron chi connectivity index (χ0n) is 10.9. The van der Waals surface area contributed by atoms with Crippen LogP contribution in [-0.4, -0.2) is 13.0 Å². The van der Waals surface area contributed by atoms with E-state index in [1.807, 2.05) is 60.1 Å². The van der Waals surface area contributed by atoms with E-state index in [9.17, 15) is 8.42 Å². The number of sulfonamides is 1. The molecule has 0 saturated carbocycles. The van der Waals surface area contributed by atoms with E-state index < -0.39 is 10.0 Å². The fourth-order valence-corrected chi connectivity index (χ4v) is 3.57. The van der Waals surface area contributed by atoms with Crippen molar-refractivity contribution in [1.82, 2.24) is 4.57 Å². The lowest BCUT2D eigenvalue weighted by atomic mass is 10.1. The van der Waals surface area contributed by atoms with Gasteiger partial charge in [-0.15, -0.1) is 0 Å². The van der Waals surface area contributed by atoms with Crippen LogP contribution in [0.2, 0.25) is 0 Å². The summed E-state index contributed by atoms with van der Waals surface area (Å²) in [5.41, 5.74) is 2.29. The van der Waals surface area contributed by atoms with Crippen molar-refractivity contribution in [2.45, 2.75) is 4.90 Å². The molecule has 1 heterocycles. The van der Waals surface area contributed by atoms with E-state index in [4.69, 9.17) is 5.14 Å². The van der Waals surface area contributed by atoms with Crippen molar-refractivity contribution in [2.75, 3.05) is 0 Å². The summed E-state index contributed by atoms with van der Waals surface area (Å²) >= 11 is 0. The summed E-state index contributed by atoms with van der Waals surface area (Å²) in [5.74, 6) is 0. The highest BCUT2D eigenvalue weighted by Crippen LogP contribution is 2.35. The number of rotatable bonds is 2. The molecule has 0 aliphatic heterocycles. The summed E-state index contributed by atoms with van der Waals surface area (Å²) in [7, 11) is -1.96. The number of primary sulfonamides is 1. The summed E-state index contributed by atoms with van der Waals surface area (Å²) in [6, 6.07) is 16.8. The second-order valence-electron chi connectivity index (χ2n) is 4.66. The number of nitrogens with two attached hydrogens (primary N) is 1. The van der Waals surface area contributed by atoms with Crippen LogP contribution in [0.3, 0.4) is 0 Å². The largest absolute Gasteiger partial charge is 0.342 e. The van der Waals surface area contributed by atoms with Gasteiger partial charge in [-0.25, -0.2) is 13.6 Å². The van der Waals surface area contributed by atoms with Gasteiger partial charge in [0, 0.05) is 18.0 Å². The number of hydrogen-bond donors (Lipinski definition) is 1. The van der Waals surface area contributed by atoms with E-state index in [0.717, 1.165) is 11.1 Å². The minimum atomic E-state index is -3.81. The van der Waals surface area contributed by atoms with E-state index >= 15 is 0 Å². The average Bonchev–Trinajstić information content (AvgIpc) is 2.73. The lowest BCUT2D eigenvalue weighted by Crippen LogP contribution is -2.13. The molecule has 0 spiro atoms. The van der Waals surface area contributed by atoms with Gasteiger partial charge in [0.1, 0.15) is 4.90 Å². The van der Waals surface area contributed by atoms with E-state index in [1.54, 1.807) is 6.07 Å². The van der Waals surface area contributed by atoms with Gasteiger partial charge >= 0.3 is 0 Å². The molecule has 0 unspecified atom stereocenters. The molecule has 0 amide bonds. The van der Waals surface area contributed by atoms with Crippen molar-refractivity contribution >= 4 is 20.9 Å². The molecule has 0 bridgehead atoms. The normalized spacial score (nSPS) is 11.9. The lowest BCUT2D eigenvalue weighted by molar-refractivity contribution is 0.598. The third kappa shape index (κ3) is 1.92. The third-order valence-electron chi connectivity index (χ3n) is 3.39. The Morgan fingerprint density at radius 3 is 2.20 bits per heavy atom. The maximum absolute atomic E-state index is 12.0. The molecule has 0 aliphatic rings. The van der Waals surface area contributed by atoms with Gasteiger partial charge in [-0.3, -0.25) is 0 Å². The Morgan fingerprint density at radius 1 is 0.950 bits per heavy atom. The molecule has 0 atom stereocenters. The predicted octanol–water partition coefficient (Wildman–Crippen LogP) is 2.49. The quantitative estimate of drug-likeness (QED) is 0.786. The number of nitrogens with zero attached hydrogens (tertiary/aromatic N) is 1. The molecule has 3 rings (SSSR count). The minimum absolute atomic E-state index is 0.182. The highest BCUT2D eigenvalue weighted by atomic mass is 32.2. The first-order valence-corrected chi connectivity index (χ1v) is 7.70. The summed E-state index contributed by atoms with van der Waals surface area (Å²) in [6.07, 6.45) is 0. The molecule has 2 N–H and O–H groups in total. The number of aromatic nitrogens is 1. The zero-order chi connectivity index (χ0) is 14.3. The van der Waals surface area contributed by atoms with Gasteiger partial charge < -0.3 is 4.57 Å². The van der Waals surface area contributed by atoms with Crippen molar-refractivity contribution in [3.63, 3.8) is 0 Å². The van der Waals surface area contributed by atoms with Crippen LogP contribution < -0.4 is 5.14 Å². The molecule has 0 saturated heterocycles. The zero-order valence-corrected chi connectivity index (χ0v) is 11.8. The fraction of sp³-hybridized carbons (Fsp3) is 0.0667. The highest BCUT2D eigenvalue weighted by Gasteiger charge is 2.23. The summed E-state index contributed by atoms with van der Waals surface area (Å²) < 4.78 is 25.9. The second kappa shape index (κ2) is 4.47. The molecule has 102 valence electrons. The third-order valence-corrected chi connectivity index (χ3v) is 4.37. The van der Waals surface area contributed by atoms with Crippen molar-refractivity contribution in [1.29, 1.82) is 0 Å². The monoisotopic (exact) mass is 286 g/mol. The van der Waals surface area contributed by atoms with Gasteiger partial charge in [-0.1, -0.05) is 48.5 Å². The molecular formula is C15H14N2O2S. The van der Waals surface area contributed by atoms with Gasteiger partial charge in [-0.05, 0) is 11.6 Å². The maximum atomic E-state index is 12.0. The SMILES string of the molecule is Cn1c(-c2ccccc2)c(S(N)(=O)=O)c2ccccc21. The highest BCUT2D eigenvalue weighted by molar-refractivity contribution is 7.89. The number of aryl methyl sites for hydroxylation is 1. The van der Waals surface area contributed by atoms with E-state index in [1.165, 1.54) is 0 Å². The van der Waals surface area contributed by atoms with Crippen molar-refractivity contribution in [3.8, 4) is 11.3 Å². The number of fused-ring (bicyclic) bond motifs is 1. The smallest absolute Gasteiger partial charge is 0.240 e. The van der Waals surface area contributed by atoms with Gasteiger partial charge in [0.15, 0.2) is 0 Å². The topological polar surface area (TPSA) is 65.1 Å². The van der Waals surface area contributed by atoms with E-state index in [2.05, 4.69) is 0 Å². The van der Waals surface area contributed by atoms with Crippen LogP contribution in [0.5, 0.6) is 0 Å². The van der Waals surface area contributed by atoms with Crippen LogP contribution in [-0.2, 0) is 17.1 Å². The van der Waals surface area contributed by atoms with Crippen molar-refractivity contribution in [2.24, 2.45) is 12.2 Å². The molecule has 5 heteroatoms. The summed E-state index contributed by atoms with van der Waals surface area (Å²) in [4.78, 5) is 0.182. The molecule has 1 aromatic heterocycles. The standard InChI is InChI=1S/C15H14N2O2S/c1-17-13-10-6-5-9-12(13)15(20(16,18)19)14(17)11-7-3-2-4-8-11/h2-10H,1H3,(H2,16,18,19). The minimum Gasteiger partial charge on any atom is -0.342 e. The summed E-state index contributed by atoms with van der Waals surface area (Å²) in [6.45, 7) is 0. The molecule has 3 aromatic rings. The van der Waals surface area contributed by atoms with Crippen LogP contribution in [0.4, 0.5) is 0 Å². The van der Waals surface area contributed by atoms with Gasteiger partial charge in [-0.2, -0.15) is 0 Å². The Labute approximate surface area is 117 Å². The van der Waals surface area contributed by atoms with Crippen LogP contribution in [0.15, 0.2) is 59.5 Å². The van der Waals surface area contributed by atoms with E-state index in [-0.39, 0.29) is 4.90 Å². The molecular weight excluding hydrogens is 272 g/mol. The first kappa shape index (κ1) is 12.9. The Bertz CT molecular complexity index is 881. The Morgan fingerprint density at radius 2 is 1.55 bits per heavy atom. The first-order valence-electron chi connectivity index (χ1n) is 6.16. The van der Waals surface area contributed by atoms with Crippen molar-refractivity contribution < 1.29 is 8.42 Å². The van der Waals surface area contributed by atoms with Crippen LogP contribution in [0.1, 0.15) is 0 Å². The van der Waals surface area contributed by atoms with Gasteiger partial charge in [0.25, 0.3) is 0 Å².